The Kier molecular flexibility index (Phi) is 3.73. The third kappa shape index (κ3) is 2.59. The van der Waals surface area contributed by atoms with Crippen LogP contribution in [0.2, 0.25) is 0 Å². The smallest absolute Gasteiger partial charge is 0.164 e. The lowest BCUT2D eigenvalue weighted by molar-refractivity contribution is -0.133. The molecule has 0 aromatic rings. The van der Waals surface area contributed by atoms with Gasteiger partial charge in [0, 0.05) is 12.5 Å². The number of hydrogen-bond acceptors (Lipinski definition) is 2. The Morgan fingerprint density at radius 1 is 1.33 bits per heavy atom. The van der Waals surface area contributed by atoms with Crippen molar-refractivity contribution in [2.45, 2.75) is 45.6 Å². The molecule has 2 nitrogen and oxygen atoms in total. The average molecular weight is 170 g/mol. The van der Waals surface area contributed by atoms with E-state index in [9.17, 15) is 4.79 Å². The highest BCUT2D eigenvalue weighted by Crippen LogP contribution is 2.16. The molecule has 0 aromatic heterocycles. The molecule has 12 heavy (non-hydrogen) atoms. The maximum atomic E-state index is 11.5. The molecule has 1 aliphatic rings. The van der Waals surface area contributed by atoms with E-state index in [4.69, 9.17) is 4.74 Å². The maximum Gasteiger partial charge on any atom is 0.164 e. The van der Waals surface area contributed by atoms with Gasteiger partial charge in [0.2, 0.25) is 0 Å². The number of hydrogen-bond donors (Lipinski definition) is 0. The van der Waals surface area contributed by atoms with Crippen molar-refractivity contribution in [1.29, 1.82) is 0 Å². The molecule has 0 aromatic carbocycles. The van der Waals surface area contributed by atoms with Gasteiger partial charge in [0.25, 0.3) is 0 Å². The zero-order valence-corrected chi connectivity index (χ0v) is 8.01. The molecule has 0 radical (unpaired) electrons. The van der Waals surface area contributed by atoms with Gasteiger partial charge in [-0.25, -0.2) is 0 Å². The van der Waals surface area contributed by atoms with Gasteiger partial charge in [-0.3, -0.25) is 4.79 Å². The molecule has 1 heterocycles. The van der Waals surface area contributed by atoms with Crippen LogP contribution in [0.25, 0.3) is 0 Å². The first-order chi connectivity index (χ1) is 5.72. The van der Waals surface area contributed by atoms with Crippen molar-refractivity contribution in [2.24, 2.45) is 5.92 Å². The van der Waals surface area contributed by atoms with Crippen LogP contribution in [0, 0.1) is 5.92 Å². The predicted molar refractivity (Wildman–Crippen MR) is 48.1 cm³/mol. The van der Waals surface area contributed by atoms with Crippen LogP contribution in [-0.4, -0.2) is 18.5 Å². The fraction of sp³-hybridized carbons (Fsp3) is 0.900. The first-order valence-corrected chi connectivity index (χ1v) is 4.87. The summed E-state index contributed by atoms with van der Waals surface area (Å²) in [6.07, 6.45) is 4.29. The Morgan fingerprint density at radius 2 is 2.08 bits per heavy atom. The van der Waals surface area contributed by atoms with Crippen molar-refractivity contribution >= 4 is 5.78 Å². The summed E-state index contributed by atoms with van der Waals surface area (Å²) in [6, 6.07) is 0. The van der Waals surface area contributed by atoms with E-state index in [1.807, 2.05) is 13.8 Å². The fourth-order valence-electron chi connectivity index (χ4n) is 1.51. The van der Waals surface area contributed by atoms with Crippen LogP contribution in [0.5, 0.6) is 0 Å². The molecule has 1 aliphatic heterocycles. The van der Waals surface area contributed by atoms with Gasteiger partial charge in [0.1, 0.15) is 6.10 Å². The van der Waals surface area contributed by atoms with Crippen LogP contribution in [0.4, 0.5) is 0 Å². The summed E-state index contributed by atoms with van der Waals surface area (Å²) < 4.78 is 5.48. The van der Waals surface area contributed by atoms with Gasteiger partial charge in [0.15, 0.2) is 5.78 Å². The Bertz CT molecular complexity index is 144. The minimum absolute atomic E-state index is 0.104. The molecule has 0 spiro atoms. The molecule has 0 N–H and O–H groups in total. The van der Waals surface area contributed by atoms with Gasteiger partial charge < -0.3 is 4.74 Å². The number of carbonyl (C=O) groups excluding carboxylic acids is 1. The van der Waals surface area contributed by atoms with E-state index in [1.54, 1.807) is 0 Å². The van der Waals surface area contributed by atoms with Gasteiger partial charge in [-0.1, -0.05) is 26.7 Å². The summed E-state index contributed by atoms with van der Waals surface area (Å²) in [5.41, 5.74) is 0. The molecule has 1 saturated heterocycles. The van der Waals surface area contributed by atoms with E-state index in [-0.39, 0.29) is 17.8 Å². The Labute approximate surface area is 74.3 Å². The standard InChI is InChI=1S/C10H18O2/c1-8(2)10(11)9-6-4-3-5-7-12-9/h8-9H,3-7H2,1-2H3. The summed E-state index contributed by atoms with van der Waals surface area (Å²) in [7, 11) is 0. The molecule has 0 aliphatic carbocycles. The normalized spacial score (nSPS) is 25.4. The summed E-state index contributed by atoms with van der Waals surface area (Å²) >= 11 is 0. The lowest BCUT2D eigenvalue weighted by Gasteiger charge is -2.15. The largest absolute Gasteiger partial charge is 0.370 e. The molecule has 70 valence electrons. The van der Waals surface area contributed by atoms with Crippen molar-refractivity contribution in [3.8, 4) is 0 Å². The second-order valence-electron chi connectivity index (χ2n) is 3.77. The molecule has 1 atom stereocenters. The van der Waals surface area contributed by atoms with Crippen molar-refractivity contribution in [3.05, 3.63) is 0 Å². The highest BCUT2D eigenvalue weighted by molar-refractivity contribution is 5.84. The van der Waals surface area contributed by atoms with Gasteiger partial charge in [-0.15, -0.1) is 0 Å². The minimum Gasteiger partial charge on any atom is -0.370 e. The van der Waals surface area contributed by atoms with Crippen molar-refractivity contribution in [1.82, 2.24) is 0 Å². The van der Waals surface area contributed by atoms with E-state index < -0.39 is 0 Å². The summed E-state index contributed by atoms with van der Waals surface area (Å²) in [6.45, 7) is 4.65. The summed E-state index contributed by atoms with van der Waals surface area (Å²) in [5.74, 6) is 0.394. The molecule has 1 fully saturated rings. The van der Waals surface area contributed by atoms with Crippen LogP contribution < -0.4 is 0 Å². The molecular weight excluding hydrogens is 152 g/mol. The molecule has 1 rings (SSSR count). The average Bonchev–Trinajstić information content (AvgIpc) is 2.30. The van der Waals surface area contributed by atoms with E-state index in [2.05, 4.69) is 0 Å². The Hall–Kier alpha value is -0.370. The van der Waals surface area contributed by atoms with Crippen LogP contribution in [0.1, 0.15) is 39.5 Å². The molecule has 0 bridgehead atoms. The highest BCUT2D eigenvalue weighted by Gasteiger charge is 2.22. The maximum absolute atomic E-state index is 11.5. The molecule has 0 amide bonds. The highest BCUT2D eigenvalue weighted by atomic mass is 16.5. The van der Waals surface area contributed by atoms with Gasteiger partial charge in [-0.2, -0.15) is 0 Å². The lowest BCUT2D eigenvalue weighted by atomic mass is 10.0. The van der Waals surface area contributed by atoms with Crippen LogP contribution in [0.3, 0.4) is 0 Å². The first kappa shape index (κ1) is 9.72. The minimum atomic E-state index is -0.104. The second-order valence-corrected chi connectivity index (χ2v) is 3.77. The fourth-order valence-corrected chi connectivity index (χ4v) is 1.51. The Balaban J connectivity index is 2.43. The number of ketones is 1. The van der Waals surface area contributed by atoms with E-state index in [0.717, 1.165) is 25.9 Å². The van der Waals surface area contributed by atoms with E-state index in [0.29, 0.717) is 0 Å². The van der Waals surface area contributed by atoms with Crippen LogP contribution in [0.15, 0.2) is 0 Å². The number of carbonyl (C=O) groups is 1. The zero-order valence-electron chi connectivity index (χ0n) is 8.01. The van der Waals surface area contributed by atoms with E-state index >= 15 is 0 Å². The van der Waals surface area contributed by atoms with Crippen molar-refractivity contribution < 1.29 is 9.53 Å². The zero-order chi connectivity index (χ0) is 8.97. The lowest BCUT2D eigenvalue weighted by Crippen LogP contribution is -2.27. The first-order valence-electron chi connectivity index (χ1n) is 4.87. The summed E-state index contributed by atoms with van der Waals surface area (Å²) in [5, 5.41) is 0. The van der Waals surface area contributed by atoms with Gasteiger partial charge in [-0.05, 0) is 12.8 Å². The van der Waals surface area contributed by atoms with Gasteiger partial charge >= 0.3 is 0 Å². The predicted octanol–water partition coefficient (Wildman–Crippen LogP) is 2.17. The number of ether oxygens (including phenoxy) is 1. The molecule has 1 unspecified atom stereocenters. The third-order valence-electron chi connectivity index (χ3n) is 2.32. The molecule has 0 saturated carbocycles. The monoisotopic (exact) mass is 170 g/mol. The third-order valence-corrected chi connectivity index (χ3v) is 2.32. The van der Waals surface area contributed by atoms with E-state index in [1.165, 1.54) is 6.42 Å². The van der Waals surface area contributed by atoms with Crippen molar-refractivity contribution in [3.63, 3.8) is 0 Å². The Morgan fingerprint density at radius 3 is 2.75 bits per heavy atom. The van der Waals surface area contributed by atoms with Gasteiger partial charge in [0.05, 0.1) is 0 Å². The molecular formula is C10H18O2. The summed E-state index contributed by atoms with van der Waals surface area (Å²) in [4.78, 5) is 11.5. The molecule has 2 heteroatoms. The SMILES string of the molecule is CC(C)C(=O)C1CCCCCO1. The topological polar surface area (TPSA) is 26.3 Å². The second kappa shape index (κ2) is 4.61. The quantitative estimate of drug-likeness (QED) is 0.635. The van der Waals surface area contributed by atoms with Crippen LogP contribution >= 0.6 is 0 Å². The number of rotatable bonds is 2. The number of Topliss-reactive ketones (excluding diaryl/α,β-unsaturated/α-hetero) is 1. The van der Waals surface area contributed by atoms with Crippen LogP contribution in [-0.2, 0) is 9.53 Å². The van der Waals surface area contributed by atoms with Crippen molar-refractivity contribution in [2.75, 3.05) is 6.61 Å².